The molecule has 0 aliphatic rings. The highest BCUT2D eigenvalue weighted by atomic mass is 35.5. The van der Waals surface area contributed by atoms with Crippen molar-refractivity contribution in [2.75, 3.05) is 6.61 Å². The molecule has 1 N–H and O–H groups in total. The maximum Gasteiger partial charge on any atom is 0.127 e. The average molecular weight is 397 g/mol. The van der Waals surface area contributed by atoms with Gasteiger partial charge in [0, 0.05) is 11.3 Å². The lowest BCUT2D eigenvalue weighted by molar-refractivity contribution is 0.0933. The van der Waals surface area contributed by atoms with E-state index in [1.54, 1.807) is 0 Å². The van der Waals surface area contributed by atoms with E-state index in [0.717, 1.165) is 33.4 Å². The summed E-state index contributed by atoms with van der Waals surface area (Å²) in [5.41, 5.74) is 2.01. The van der Waals surface area contributed by atoms with Gasteiger partial charge < -0.3 is 14.4 Å². The van der Waals surface area contributed by atoms with Crippen LogP contribution in [0.1, 0.15) is 25.6 Å². The second kappa shape index (κ2) is 8.63. The standard InChI is InChI=1S/C23H24N2O2.ClH/c1-16(2)23-24-20-11-5-6-12-21(20)25(23)14-18(26)15-27-22-13-7-9-17-8-3-4-10-19(17)22;/h3-13,16,18,26H,14-15H2,1-2H3;1H. The Morgan fingerprint density at radius 1 is 0.964 bits per heavy atom. The molecule has 1 unspecified atom stereocenters. The van der Waals surface area contributed by atoms with Crippen LogP contribution in [-0.4, -0.2) is 27.4 Å². The number of rotatable bonds is 6. The van der Waals surface area contributed by atoms with Crippen LogP contribution >= 0.6 is 12.4 Å². The molecule has 1 aromatic heterocycles. The van der Waals surface area contributed by atoms with Crippen molar-refractivity contribution in [3.05, 3.63) is 72.6 Å². The van der Waals surface area contributed by atoms with E-state index in [1.165, 1.54) is 0 Å². The molecule has 1 heterocycles. The summed E-state index contributed by atoms with van der Waals surface area (Å²) in [5.74, 6) is 2.07. The highest BCUT2D eigenvalue weighted by Crippen LogP contribution is 2.26. The van der Waals surface area contributed by atoms with Crippen LogP contribution in [0.5, 0.6) is 5.75 Å². The molecule has 0 aliphatic carbocycles. The van der Waals surface area contributed by atoms with Crippen LogP contribution < -0.4 is 4.74 Å². The van der Waals surface area contributed by atoms with Gasteiger partial charge in [-0.25, -0.2) is 4.98 Å². The molecule has 0 saturated carbocycles. The first-order valence-corrected chi connectivity index (χ1v) is 9.37. The van der Waals surface area contributed by atoms with Gasteiger partial charge in [-0.05, 0) is 23.6 Å². The fraction of sp³-hybridized carbons (Fsp3) is 0.261. The molecule has 4 aromatic rings. The molecule has 4 nitrogen and oxygen atoms in total. The Morgan fingerprint density at radius 3 is 2.50 bits per heavy atom. The molecular formula is C23H25ClN2O2. The molecule has 0 spiro atoms. The van der Waals surface area contributed by atoms with Gasteiger partial charge in [0.15, 0.2) is 0 Å². The zero-order chi connectivity index (χ0) is 18.8. The normalized spacial score (nSPS) is 12.3. The highest BCUT2D eigenvalue weighted by molar-refractivity contribution is 5.88. The molecule has 0 fully saturated rings. The number of nitrogens with zero attached hydrogens (tertiary/aromatic N) is 2. The SMILES string of the molecule is CC(C)c1nc2ccccc2n1CC(O)COc1cccc2ccccc12.Cl. The van der Waals surface area contributed by atoms with E-state index in [2.05, 4.69) is 30.5 Å². The number of aliphatic hydroxyl groups excluding tert-OH is 1. The van der Waals surface area contributed by atoms with Crippen molar-refractivity contribution in [3.63, 3.8) is 0 Å². The average Bonchev–Trinajstić information content (AvgIpc) is 3.05. The van der Waals surface area contributed by atoms with Gasteiger partial charge in [-0.15, -0.1) is 12.4 Å². The van der Waals surface area contributed by atoms with Gasteiger partial charge in [-0.2, -0.15) is 0 Å². The zero-order valence-electron chi connectivity index (χ0n) is 16.1. The second-order valence-corrected chi connectivity index (χ2v) is 7.17. The van der Waals surface area contributed by atoms with Crippen LogP contribution in [0, 0.1) is 0 Å². The Kier molecular flexibility index (Phi) is 6.22. The van der Waals surface area contributed by atoms with Gasteiger partial charge in [0.1, 0.15) is 24.3 Å². The van der Waals surface area contributed by atoms with Crippen LogP contribution in [0.25, 0.3) is 21.8 Å². The Labute approximate surface area is 171 Å². The van der Waals surface area contributed by atoms with Gasteiger partial charge in [0.25, 0.3) is 0 Å². The van der Waals surface area contributed by atoms with Crippen LogP contribution in [0.2, 0.25) is 0 Å². The van der Waals surface area contributed by atoms with Crippen molar-refractivity contribution >= 4 is 34.2 Å². The molecule has 28 heavy (non-hydrogen) atoms. The first-order chi connectivity index (χ1) is 13.1. The molecule has 0 saturated heterocycles. The van der Waals surface area contributed by atoms with E-state index in [1.807, 2.05) is 54.6 Å². The molecule has 5 heteroatoms. The van der Waals surface area contributed by atoms with Crippen molar-refractivity contribution < 1.29 is 9.84 Å². The molecule has 0 radical (unpaired) electrons. The predicted octanol–water partition coefficient (Wildman–Crippen LogP) is 5.17. The van der Waals surface area contributed by atoms with Crippen molar-refractivity contribution in [2.45, 2.75) is 32.4 Å². The number of imidazole rings is 1. The minimum Gasteiger partial charge on any atom is -0.490 e. The number of benzene rings is 3. The van der Waals surface area contributed by atoms with Crippen molar-refractivity contribution in [1.82, 2.24) is 9.55 Å². The lowest BCUT2D eigenvalue weighted by Gasteiger charge is -2.17. The number of fused-ring (bicyclic) bond motifs is 2. The minimum atomic E-state index is -0.626. The van der Waals surface area contributed by atoms with Gasteiger partial charge >= 0.3 is 0 Å². The summed E-state index contributed by atoms with van der Waals surface area (Å²) >= 11 is 0. The number of hydrogen-bond donors (Lipinski definition) is 1. The summed E-state index contributed by atoms with van der Waals surface area (Å²) < 4.78 is 8.07. The van der Waals surface area contributed by atoms with Crippen LogP contribution in [0.4, 0.5) is 0 Å². The topological polar surface area (TPSA) is 47.3 Å². The fourth-order valence-corrected chi connectivity index (χ4v) is 3.50. The first kappa shape index (κ1) is 20.2. The number of aromatic nitrogens is 2. The number of halogens is 1. The zero-order valence-corrected chi connectivity index (χ0v) is 16.9. The Bertz CT molecular complexity index is 1070. The maximum absolute atomic E-state index is 10.6. The smallest absolute Gasteiger partial charge is 0.127 e. The lowest BCUT2D eigenvalue weighted by atomic mass is 10.1. The monoisotopic (exact) mass is 396 g/mol. The molecule has 146 valence electrons. The molecule has 3 aromatic carbocycles. The molecule has 4 rings (SSSR count). The summed E-state index contributed by atoms with van der Waals surface area (Å²) in [4.78, 5) is 4.74. The fourth-order valence-electron chi connectivity index (χ4n) is 3.50. The number of hydrogen-bond acceptors (Lipinski definition) is 3. The Hall–Kier alpha value is -2.56. The quantitative estimate of drug-likeness (QED) is 0.488. The maximum atomic E-state index is 10.6. The third-order valence-corrected chi connectivity index (χ3v) is 4.77. The summed E-state index contributed by atoms with van der Waals surface area (Å²) in [6.45, 7) is 4.93. The van der Waals surface area contributed by atoms with Gasteiger partial charge in [0.05, 0.1) is 17.6 Å². The number of ether oxygens (including phenoxy) is 1. The van der Waals surface area contributed by atoms with E-state index in [4.69, 9.17) is 9.72 Å². The predicted molar refractivity (Wildman–Crippen MR) is 117 cm³/mol. The summed E-state index contributed by atoms with van der Waals surface area (Å²) in [5, 5.41) is 12.8. The minimum absolute atomic E-state index is 0. The van der Waals surface area contributed by atoms with E-state index in [0.29, 0.717) is 6.54 Å². The lowest BCUT2D eigenvalue weighted by Crippen LogP contribution is -2.25. The molecular weight excluding hydrogens is 372 g/mol. The van der Waals surface area contributed by atoms with Gasteiger partial charge in [-0.1, -0.05) is 62.4 Å². The molecule has 1 atom stereocenters. The van der Waals surface area contributed by atoms with Gasteiger partial charge in [0.2, 0.25) is 0 Å². The molecule has 0 bridgehead atoms. The Morgan fingerprint density at radius 2 is 1.68 bits per heavy atom. The van der Waals surface area contributed by atoms with E-state index in [-0.39, 0.29) is 24.9 Å². The van der Waals surface area contributed by atoms with E-state index in [9.17, 15) is 5.11 Å². The summed E-state index contributed by atoms with van der Waals surface area (Å²) in [6.07, 6.45) is -0.626. The van der Waals surface area contributed by atoms with Crippen molar-refractivity contribution in [3.8, 4) is 5.75 Å². The largest absolute Gasteiger partial charge is 0.490 e. The molecule has 0 aliphatic heterocycles. The van der Waals surface area contributed by atoms with Crippen molar-refractivity contribution in [2.24, 2.45) is 0 Å². The number of para-hydroxylation sites is 2. The first-order valence-electron chi connectivity index (χ1n) is 9.37. The summed E-state index contributed by atoms with van der Waals surface area (Å²) in [6, 6.07) is 22.1. The third-order valence-electron chi connectivity index (χ3n) is 4.77. The molecule has 0 amide bonds. The van der Waals surface area contributed by atoms with Crippen LogP contribution in [0.15, 0.2) is 66.7 Å². The van der Waals surface area contributed by atoms with Crippen molar-refractivity contribution in [1.29, 1.82) is 0 Å². The number of aliphatic hydroxyl groups is 1. The van der Waals surface area contributed by atoms with Crippen LogP contribution in [0.3, 0.4) is 0 Å². The summed E-state index contributed by atoms with van der Waals surface area (Å²) in [7, 11) is 0. The van der Waals surface area contributed by atoms with Gasteiger partial charge in [-0.3, -0.25) is 0 Å². The van der Waals surface area contributed by atoms with Crippen LogP contribution in [-0.2, 0) is 6.54 Å². The third kappa shape index (κ3) is 3.98. The van der Waals surface area contributed by atoms with E-state index >= 15 is 0 Å². The second-order valence-electron chi connectivity index (χ2n) is 7.17. The van der Waals surface area contributed by atoms with E-state index < -0.39 is 6.10 Å². The highest BCUT2D eigenvalue weighted by Gasteiger charge is 2.17. The Balaban J connectivity index is 0.00000225.